The number of likely N-dealkylation sites (tertiary alicyclic amines) is 1. The van der Waals surface area contributed by atoms with Crippen LogP contribution in [0.15, 0.2) is 0 Å². The molecule has 2 aliphatic rings. The van der Waals surface area contributed by atoms with Crippen LogP contribution in [0.5, 0.6) is 0 Å². The molecular formula is C12H22N2O2. The van der Waals surface area contributed by atoms with Crippen LogP contribution in [-0.2, 0) is 9.53 Å². The predicted molar refractivity (Wildman–Crippen MR) is 62.1 cm³/mol. The first-order valence-electron chi connectivity index (χ1n) is 6.24. The molecule has 16 heavy (non-hydrogen) atoms. The largest absolute Gasteiger partial charge is 0.381 e. The standard InChI is InChI=1S/C12H22N2O2/c1-9-3-4-14(6-10-7-16-8-10)12(15)11(5-9)13-2/h9-11,13H,3-8H2,1-2H3. The summed E-state index contributed by atoms with van der Waals surface area (Å²) in [6.45, 7) is 5.67. The summed E-state index contributed by atoms with van der Waals surface area (Å²) in [7, 11) is 1.88. The maximum absolute atomic E-state index is 12.2. The summed E-state index contributed by atoms with van der Waals surface area (Å²) in [4.78, 5) is 14.2. The maximum atomic E-state index is 12.2. The van der Waals surface area contributed by atoms with Crippen molar-refractivity contribution in [3.63, 3.8) is 0 Å². The van der Waals surface area contributed by atoms with Crippen molar-refractivity contribution in [2.45, 2.75) is 25.8 Å². The van der Waals surface area contributed by atoms with Gasteiger partial charge in [0.05, 0.1) is 19.3 Å². The number of hydrogen-bond acceptors (Lipinski definition) is 3. The van der Waals surface area contributed by atoms with Gasteiger partial charge in [0.15, 0.2) is 0 Å². The van der Waals surface area contributed by atoms with Crippen LogP contribution in [-0.4, -0.2) is 50.2 Å². The second-order valence-corrected chi connectivity index (χ2v) is 5.16. The molecule has 2 atom stereocenters. The second-order valence-electron chi connectivity index (χ2n) is 5.16. The van der Waals surface area contributed by atoms with Crippen molar-refractivity contribution in [3.8, 4) is 0 Å². The zero-order valence-corrected chi connectivity index (χ0v) is 10.2. The SMILES string of the molecule is CNC1CC(C)CCN(CC2COC2)C1=O. The minimum Gasteiger partial charge on any atom is -0.381 e. The molecule has 2 fully saturated rings. The van der Waals surface area contributed by atoms with Gasteiger partial charge in [-0.15, -0.1) is 0 Å². The molecule has 92 valence electrons. The molecule has 0 bridgehead atoms. The minimum atomic E-state index is 0.0125. The third-order valence-corrected chi connectivity index (χ3v) is 3.67. The Bertz CT molecular complexity index is 253. The number of ether oxygens (including phenoxy) is 1. The monoisotopic (exact) mass is 226 g/mol. The second kappa shape index (κ2) is 5.15. The Kier molecular flexibility index (Phi) is 3.82. The van der Waals surface area contributed by atoms with Gasteiger partial charge in [-0.05, 0) is 25.8 Å². The van der Waals surface area contributed by atoms with Crippen molar-refractivity contribution in [3.05, 3.63) is 0 Å². The molecule has 0 saturated carbocycles. The fourth-order valence-electron chi connectivity index (χ4n) is 2.45. The quantitative estimate of drug-likeness (QED) is 0.761. The molecule has 0 aliphatic carbocycles. The third kappa shape index (κ3) is 2.55. The van der Waals surface area contributed by atoms with Crippen molar-refractivity contribution < 1.29 is 9.53 Å². The molecule has 2 aliphatic heterocycles. The third-order valence-electron chi connectivity index (χ3n) is 3.67. The Hall–Kier alpha value is -0.610. The summed E-state index contributed by atoms with van der Waals surface area (Å²) in [5.41, 5.74) is 0. The van der Waals surface area contributed by atoms with Gasteiger partial charge < -0.3 is 15.0 Å². The predicted octanol–water partition coefficient (Wildman–Crippen LogP) is 0.479. The summed E-state index contributed by atoms with van der Waals surface area (Å²) in [5, 5.41) is 3.14. The highest BCUT2D eigenvalue weighted by Crippen LogP contribution is 2.20. The minimum absolute atomic E-state index is 0.0125. The highest BCUT2D eigenvalue weighted by atomic mass is 16.5. The molecule has 2 unspecified atom stereocenters. The Morgan fingerprint density at radius 1 is 1.50 bits per heavy atom. The van der Waals surface area contributed by atoms with Gasteiger partial charge in [0.1, 0.15) is 0 Å². The van der Waals surface area contributed by atoms with Crippen molar-refractivity contribution in [2.24, 2.45) is 11.8 Å². The Morgan fingerprint density at radius 2 is 2.25 bits per heavy atom. The highest BCUT2D eigenvalue weighted by Gasteiger charge is 2.31. The van der Waals surface area contributed by atoms with Gasteiger partial charge in [-0.2, -0.15) is 0 Å². The average molecular weight is 226 g/mol. The van der Waals surface area contributed by atoms with E-state index in [-0.39, 0.29) is 11.9 Å². The van der Waals surface area contributed by atoms with Crippen LogP contribution in [0.2, 0.25) is 0 Å². The number of carbonyl (C=O) groups is 1. The van der Waals surface area contributed by atoms with Gasteiger partial charge in [0.2, 0.25) is 5.91 Å². The van der Waals surface area contributed by atoms with E-state index in [1.165, 1.54) is 0 Å². The van der Waals surface area contributed by atoms with E-state index in [2.05, 4.69) is 12.2 Å². The van der Waals surface area contributed by atoms with E-state index in [0.29, 0.717) is 11.8 Å². The summed E-state index contributed by atoms with van der Waals surface area (Å²) >= 11 is 0. The van der Waals surface area contributed by atoms with E-state index in [0.717, 1.165) is 39.1 Å². The molecule has 0 spiro atoms. The van der Waals surface area contributed by atoms with Crippen LogP contribution in [0.4, 0.5) is 0 Å². The molecule has 0 aromatic carbocycles. The topological polar surface area (TPSA) is 41.6 Å². The Labute approximate surface area is 97.3 Å². The number of hydrogen-bond donors (Lipinski definition) is 1. The molecule has 1 amide bonds. The number of nitrogens with zero attached hydrogens (tertiary/aromatic N) is 1. The van der Waals surface area contributed by atoms with Gasteiger partial charge in [-0.1, -0.05) is 6.92 Å². The lowest BCUT2D eigenvalue weighted by Crippen LogP contribution is -2.48. The average Bonchev–Trinajstić information content (AvgIpc) is 2.34. The summed E-state index contributed by atoms with van der Waals surface area (Å²) in [6.07, 6.45) is 2.09. The van der Waals surface area contributed by atoms with Crippen LogP contribution < -0.4 is 5.32 Å². The highest BCUT2D eigenvalue weighted by molar-refractivity contribution is 5.82. The molecular weight excluding hydrogens is 204 g/mol. The summed E-state index contributed by atoms with van der Waals surface area (Å²) < 4.78 is 5.16. The first kappa shape index (κ1) is 11.9. The van der Waals surface area contributed by atoms with E-state index < -0.39 is 0 Å². The molecule has 0 aromatic rings. The summed E-state index contributed by atoms with van der Waals surface area (Å²) in [6, 6.07) is 0.0125. The number of likely N-dealkylation sites (N-methyl/N-ethyl adjacent to an activating group) is 1. The Morgan fingerprint density at radius 3 is 2.81 bits per heavy atom. The van der Waals surface area contributed by atoms with Crippen LogP contribution >= 0.6 is 0 Å². The van der Waals surface area contributed by atoms with Crippen molar-refractivity contribution >= 4 is 5.91 Å². The van der Waals surface area contributed by atoms with Crippen molar-refractivity contribution in [2.75, 3.05) is 33.4 Å². The van der Waals surface area contributed by atoms with E-state index in [1.54, 1.807) is 0 Å². The zero-order valence-electron chi connectivity index (χ0n) is 10.2. The number of nitrogens with one attached hydrogen (secondary N) is 1. The van der Waals surface area contributed by atoms with Crippen molar-refractivity contribution in [1.29, 1.82) is 0 Å². The Balaban J connectivity index is 1.96. The van der Waals surface area contributed by atoms with Crippen molar-refractivity contribution in [1.82, 2.24) is 10.2 Å². The fourth-order valence-corrected chi connectivity index (χ4v) is 2.45. The molecule has 4 nitrogen and oxygen atoms in total. The van der Waals surface area contributed by atoms with Crippen LogP contribution in [0, 0.1) is 11.8 Å². The molecule has 4 heteroatoms. The first-order chi connectivity index (χ1) is 7.70. The molecule has 1 N–H and O–H groups in total. The molecule has 2 saturated heterocycles. The number of amides is 1. The fraction of sp³-hybridized carbons (Fsp3) is 0.917. The lowest BCUT2D eigenvalue weighted by Gasteiger charge is -2.33. The maximum Gasteiger partial charge on any atom is 0.239 e. The van der Waals surface area contributed by atoms with Gasteiger partial charge in [-0.3, -0.25) is 4.79 Å². The van der Waals surface area contributed by atoms with Crippen LogP contribution in [0.25, 0.3) is 0 Å². The van der Waals surface area contributed by atoms with E-state index in [1.807, 2.05) is 11.9 Å². The van der Waals surface area contributed by atoms with E-state index in [4.69, 9.17) is 4.74 Å². The molecule has 2 heterocycles. The van der Waals surface area contributed by atoms with Gasteiger partial charge in [0, 0.05) is 19.0 Å². The zero-order chi connectivity index (χ0) is 11.5. The van der Waals surface area contributed by atoms with Gasteiger partial charge in [-0.25, -0.2) is 0 Å². The summed E-state index contributed by atoms with van der Waals surface area (Å²) in [5.74, 6) is 1.47. The lowest BCUT2D eigenvalue weighted by molar-refractivity contribution is -0.136. The van der Waals surface area contributed by atoms with Gasteiger partial charge >= 0.3 is 0 Å². The smallest absolute Gasteiger partial charge is 0.239 e. The molecule has 0 aromatic heterocycles. The first-order valence-corrected chi connectivity index (χ1v) is 6.24. The number of rotatable bonds is 3. The van der Waals surface area contributed by atoms with Crippen LogP contribution in [0.1, 0.15) is 19.8 Å². The molecule has 2 rings (SSSR count). The van der Waals surface area contributed by atoms with E-state index >= 15 is 0 Å². The number of carbonyl (C=O) groups excluding carboxylic acids is 1. The van der Waals surface area contributed by atoms with Crippen LogP contribution in [0.3, 0.4) is 0 Å². The van der Waals surface area contributed by atoms with Gasteiger partial charge in [0.25, 0.3) is 0 Å². The lowest BCUT2D eigenvalue weighted by atomic mass is 10.0. The molecule has 0 radical (unpaired) electrons. The normalized spacial score (nSPS) is 32.4. The van der Waals surface area contributed by atoms with E-state index in [9.17, 15) is 4.79 Å².